The smallest absolute Gasteiger partial charge is 0.270 e. The molecule has 1 amide bonds. The molecule has 6 heteroatoms. The summed E-state index contributed by atoms with van der Waals surface area (Å²) in [6, 6.07) is 4.29. The van der Waals surface area contributed by atoms with Crippen LogP contribution in [0.3, 0.4) is 0 Å². The van der Waals surface area contributed by atoms with E-state index >= 15 is 0 Å². The normalized spacial score (nSPS) is 18.7. The molecule has 1 saturated carbocycles. The lowest BCUT2D eigenvalue weighted by Gasteiger charge is -2.29. The molecule has 0 spiro atoms. The first kappa shape index (κ1) is 17.1. The Bertz CT molecular complexity index is 731. The highest BCUT2D eigenvalue weighted by atomic mass is 16.1. The third-order valence-electron chi connectivity index (χ3n) is 5.46. The van der Waals surface area contributed by atoms with Crippen LogP contribution in [-0.2, 0) is 0 Å². The molecule has 1 N–H and O–H groups in total. The van der Waals surface area contributed by atoms with Crippen LogP contribution in [0.15, 0.2) is 30.9 Å². The zero-order chi connectivity index (χ0) is 17.8. The van der Waals surface area contributed by atoms with Crippen molar-refractivity contribution < 1.29 is 4.79 Å². The van der Waals surface area contributed by atoms with E-state index in [1.54, 1.807) is 12.5 Å². The molecule has 1 aliphatic carbocycles. The molecule has 0 radical (unpaired) electrons. The van der Waals surface area contributed by atoms with Crippen LogP contribution in [0.4, 0.5) is 5.69 Å². The molecule has 2 aromatic rings. The summed E-state index contributed by atoms with van der Waals surface area (Å²) in [5.74, 6) is 0.691. The summed E-state index contributed by atoms with van der Waals surface area (Å²) >= 11 is 0. The Morgan fingerprint density at radius 1 is 1.04 bits per heavy atom. The lowest BCUT2D eigenvalue weighted by atomic mass is 9.95. The summed E-state index contributed by atoms with van der Waals surface area (Å²) in [5.41, 5.74) is 1.58. The number of carbonyl (C=O) groups is 1. The lowest BCUT2D eigenvalue weighted by Crippen LogP contribution is -2.37. The van der Waals surface area contributed by atoms with Gasteiger partial charge >= 0.3 is 0 Å². The van der Waals surface area contributed by atoms with Crippen LogP contribution in [0, 0.1) is 0 Å². The largest absolute Gasteiger partial charge is 0.371 e. The average molecular weight is 353 g/mol. The first-order chi connectivity index (χ1) is 12.8. The van der Waals surface area contributed by atoms with E-state index in [-0.39, 0.29) is 11.9 Å². The summed E-state index contributed by atoms with van der Waals surface area (Å²) in [5, 5.41) is 3.19. The third-order valence-corrected chi connectivity index (χ3v) is 5.46. The highest BCUT2D eigenvalue weighted by molar-refractivity contribution is 5.93. The van der Waals surface area contributed by atoms with E-state index in [0.717, 1.165) is 37.4 Å². The highest BCUT2D eigenvalue weighted by Gasteiger charge is 2.20. The molecule has 0 atom stereocenters. The van der Waals surface area contributed by atoms with Crippen molar-refractivity contribution in [3.63, 3.8) is 0 Å². The van der Waals surface area contributed by atoms with Crippen molar-refractivity contribution in [2.45, 2.75) is 57.4 Å². The number of nitrogens with one attached hydrogen (secondary N) is 1. The number of amides is 1. The number of carbonyl (C=O) groups excluding carboxylic acids is 1. The molecule has 1 aliphatic heterocycles. The van der Waals surface area contributed by atoms with Crippen LogP contribution in [0.25, 0.3) is 5.82 Å². The Labute approximate surface area is 154 Å². The van der Waals surface area contributed by atoms with E-state index in [1.165, 1.54) is 38.5 Å². The fourth-order valence-electron chi connectivity index (χ4n) is 3.99. The van der Waals surface area contributed by atoms with E-state index in [4.69, 9.17) is 0 Å². The van der Waals surface area contributed by atoms with Gasteiger partial charge in [0.2, 0.25) is 0 Å². The molecular formula is C20H27N5O. The summed E-state index contributed by atoms with van der Waals surface area (Å²) in [6.07, 6.45) is 14.8. The summed E-state index contributed by atoms with van der Waals surface area (Å²) in [7, 11) is 0. The molecule has 0 aromatic carbocycles. The molecule has 2 aliphatic rings. The number of anilines is 1. The molecule has 2 aromatic heterocycles. The molecule has 3 heterocycles. The first-order valence-corrected chi connectivity index (χ1v) is 9.86. The molecule has 138 valence electrons. The van der Waals surface area contributed by atoms with Crippen LogP contribution < -0.4 is 10.2 Å². The van der Waals surface area contributed by atoms with Gasteiger partial charge in [-0.2, -0.15) is 0 Å². The minimum atomic E-state index is -0.0582. The monoisotopic (exact) mass is 353 g/mol. The highest BCUT2D eigenvalue weighted by Crippen LogP contribution is 2.24. The molecule has 0 bridgehead atoms. The summed E-state index contributed by atoms with van der Waals surface area (Å²) < 4.78 is 1.87. The van der Waals surface area contributed by atoms with Crippen molar-refractivity contribution in [3.05, 3.63) is 36.5 Å². The minimum absolute atomic E-state index is 0.0582. The number of nitrogens with zero attached hydrogens (tertiary/aromatic N) is 4. The predicted molar refractivity (Wildman–Crippen MR) is 102 cm³/mol. The van der Waals surface area contributed by atoms with Gasteiger partial charge in [-0.15, -0.1) is 0 Å². The van der Waals surface area contributed by atoms with Crippen molar-refractivity contribution in [2.75, 3.05) is 18.0 Å². The van der Waals surface area contributed by atoms with E-state index in [2.05, 4.69) is 26.3 Å². The molecule has 4 rings (SSSR count). The molecule has 1 saturated heterocycles. The van der Waals surface area contributed by atoms with E-state index in [0.29, 0.717) is 5.69 Å². The second-order valence-electron chi connectivity index (χ2n) is 7.39. The van der Waals surface area contributed by atoms with Gasteiger partial charge in [0.25, 0.3) is 5.91 Å². The minimum Gasteiger partial charge on any atom is -0.371 e. The SMILES string of the molecule is O=C(NC1CCCCC1)c1cc(N2CCCCC2)cc(-n2ccnc2)n1. The van der Waals surface area contributed by atoms with Crippen LogP contribution in [0.2, 0.25) is 0 Å². The fourth-order valence-corrected chi connectivity index (χ4v) is 3.99. The van der Waals surface area contributed by atoms with E-state index in [9.17, 15) is 4.79 Å². The zero-order valence-electron chi connectivity index (χ0n) is 15.2. The maximum atomic E-state index is 12.9. The van der Waals surface area contributed by atoms with Crippen molar-refractivity contribution >= 4 is 11.6 Å². The third kappa shape index (κ3) is 3.89. The quantitative estimate of drug-likeness (QED) is 0.916. The van der Waals surface area contributed by atoms with Crippen molar-refractivity contribution in [1.82, 2.24) is 19.9 Å². The van der Waals surface area contributed by atoms with Gasteiger partial charge in [0, 0.05) is 43.3 Å². The standard InChI is InChI=1S/C20H27N5O/c26-20(22-16-7-3-1-4-8-16)18-13-17(24-10-5-2-6-11-24)14-19(23-18)25-12-9-21-15-25/h9,12-16H,1-8,10-11H2,(H,22,26). The summed E-state index contributed by atoms with van der Waals surface area (Å²) in [4.78, 5) is 24.0. The Kier molecular flexibility index (Phi) is 5.18. The Hall–Kier alpha value is -2.37. The van der Waals surface area contributed by atoms with Gasteiger partial charge < -0.3 is 10.2 Å². The maximum absolute atomic E-state index is 12.9. The number of imidazole rings is 1. The predicted octanol–water partition coefficient (Wildman–Crippen LogP) is 3.32. The van der Waals surface area contributed by atoms with Gasteiger partial charge in [-0.05, 0) is 38.2 Å². The zero-order valence-corrected chi connectivity index (χ0v) is 15.2. The van der Waals surface area contributed by atoms with Gasteiger partial charge in [0.05, 0.1) is 0 Å². The number of aromatic nitrogens is 3. The van der Waals surface area contributed by atoms with Gasteiger partial charge in [0.15, 0.2) is 0 Å². The number of hydrogen-bond acceptors (Lipinski definition) is 4. The molecule has 2 fully saturated rings. The Balaban J connectivity index is 1.61. The van der Waals surface area contributed by atoms with Crippen LogP contribution in [-0.4, -0.2) is 39.6 Å². The topological polar surface area (TPSA) is 63.1 Å². The lowest BCUT2D eigenvalue weighted by molar-refractivity contribution is 0.0922. The number of piperidine rings is 1. The molecular weight excluding hydrogens is 326 g/mol. The molecule has 6 nitrogen and oxygen atoms in total. The number of rotatable bonds is 4. The van der Waals surface area contributed by atoms with Crippen LogP contribution in [0.5, 0.6) is 0 Å². The van der Waals surface area contributed by atoms with E-state index in [1.807, 2.05) is 16.8 Å². The van der Waals surface area contributed by atoms with Crippen molar-refractivity contribution in [2.24, 2.45) is 0 Å². The Morgan fingerprint density at radius 2 is 1.81 bits per heavy atom. The van der Waals surface area contributed by atoms with Gasteiger partial charge in [-0.25, -0.2) is 9.97 Å². The first-order valence-electron chi connectivity index (χ1n) is 9.86. The number of hydrogen-bond donors (Lipinski definition) is 1. The molecule has 26 heavy (non-hydrogen) atoms. The van der Waals surface area contributed by atoms with Crippen molar-refractivity contribution in [3.8, 4) is 5.82 Å². The van der Waals surface area contributed by atoms with Gasteiger partial charge in [-0.1, -0.05) is 19.3 Å². The summed E-state index contributed by atoms with van der Waals surface area (Å²) in [6.45, 7) is 2.08. The average Bonchev–Trinajstić information content (AvgIpc) is 3.24. The van der Waals surface area contributed by atoms with Crippen LogP contribution in [0.1, 0.15) is 61.9 Å². The van der Waals surface area contributed by atoms with E-state index < -0.39 is 0 Å². The number of pyridine rings is 1. The second-order valence-corrected chi connectivity index (χ2v) is 7.39. The second kappa shape index (κ2) is 7.89. The molecule has 0 unspecified atom stereocenters. The van der Waals surface area contributed by atoms with Gasteiger partial charge in [0.1, 0.15) is 17.8 Å². The van der Waals surface area contributed by atoms with Crippen molar-refractivity contribution in [1.29, 1.82) is 0 Å². The Morgan fingerprint density at radius 3 is 2.54 bits per heavy atom. The van der Waals surface area contributed by atoms with Gasteiger partial charge in [-0.3, -0.25) is 9.36 Å². The maximum Gasteiger partial charge on any atom is 0.270 e. The van der Waals surface area contributed by atoms with Crippen LogP contribution >= 0.6 is 0 Å². The fraction of sp³-hybridized carbons (Fsp3) is 0.550.